The highest BCUT2D eigenvalue weighted by Gasteiger charge is 2.11. The van der Waals surface area contributed by atoms with Crippen LogP contribution < -0.4 is 0 Å². The van der Waals surface area contributed by atoms with E-state index in [0.717, 1.165) is 0 Å². The molecule has 0 saturated heterocycles. The van der Waals surface area contributed by atoms with Gasteiger partial charge in [0.1, 0.15) is 11.4 Å². The van der Waals surface area contributed by atoms with Crippen molar-refractivity contribution in [3.05, 3.63) is 12.7 Å². The molecular weight excluding hydrogens is 148 g/mol. The Morgan fingerprint density at radius 3 is 2.50 bits per heavy atom. The molecule has 0 aliphatic rings. The average molecular weight is 159 g/mol. The molecular formula is C7H11O2S. The van der Waals surface area contributed by atoms with Crippen molar-refractivity contribution in [1.29, 1.82) is 0 Å². The van der Waals surface area contributed by atoms with Crippen molar-refractivity contribution in [2.24, 2.45) is 0 Å². The van der Waals surface area contributed by atoms with E-state index in [0.29, 0.717) is 0 Å². The van der Waals surface area contributed by atoms with Gasteiger partial charge in [0.05, 0.1) is 0 Å². The van der Waals surface area contributed by atoms with Crippen LogP contribution in [0.4, 0.5) is 0 Å². The summed E-state index contributed by atoms with van der Waals surface area (Å²) in [5, 5.41) is -0.470. The Bertz CT molecular complexity index is 132. The van der Waals surface area contributed by atoms with Crippen molar-refractivity contribution < 1.29 is 9.53 Å². The molecule has 0 aliphatic heterocycles. The van der Waals surface area contributed by atoms with E-state index >= 15 is 0 Å². The molecule has 2 unspecified atom stereocenters. The summed E-state index contributed by atoms with van der Waals surface area (Å²) in [6.45, 7) is 6.82. The highest BCUT2D eigenvalue weighted by atomic mass is 32.1. The standard InChI is InChI=1S/C7H11O2S/c1-4-5(2)9-7(8)6(3)10/h4-6H,1H2,2-3H3. The Hall–Kier alpha value is -0.440. The second-order valence-corrected chi connectivity index (χ2v) is 2.73. The van der Waals surface area contributed by atoms with Gasteiger partial charge in [-0.2, -0.15) is 0 Å². The first-order chi connectivity index (χ1) is 4.57. The lowest BCUT2D eigenvalue weighted by Gasteiger charge is -2.09. The predicted octanol–water partition coefficient (Wildman–Crippen LogP) is 1.69. The third-order valence-electron chi connectivity index (χ3n) is 0.966. The minimum Gasteiger partial charge on any atom is -0.458 e. The van der Waals surface area contributed by atoms with Crippen LogP contribution in [0.1, 0.15) is 13.8 Å². The summed E-state index contributed by atoms with van der Waals surface area (Å²) >= 11 is 4.66. The van der Waals surface area contributed by atoms with Crippen molar-refractivity contribution in [3.63, 3.8) is 0 Å². The lowest BCUT2D eigenvalue weighted by Crippen LogP contribution is -2.19. The molecule has 0 N–H and O–H groups in total. The summed E-state index contributed by atoms with van der Waals surface area (Å²) in [7, 11) is 0. The van der Waals surface area contributed by atoms with E-state index in [1.807, 2.05) is 0 Å². The number of carbonyl (C=O) groups is 1. The minimum absolute atomic E-state index is 0.238. The maximum absolute atomic E-state index is 10.7. The summed E-state index contributed by atoms with van der Waals surface area (Å²) in [6.07, 6.45) is 1.31. The monoisotopic (exact) mass is 159 g/mol. The molecule has 0 saturated carbocycles. The normalized spacial score (nSPS) is 15.5. The van der Waals surface area contributed by atoms with Gasteiger partial charge in [-0.25, -0.2) is 0 Å². The summed E-state index contributed by atoms with van der Waals surface area (Å²) in [4.78, 5) is 10.7. The Kier molecular flexibility index (Phi) is 4.19. The maximum Gasteiger partial charge on any atom is 0.320 e. The molecule has 0 aromatic rings. The molecule has 0 aliphatic carbocycles. The molecule has 2 atom stereocenters. The summed E-state index contributed by atoms with van der Waals surface area (Å²) < 4.78 is 4.80. The Labute approximate surface area is 66.7 Å². The van der Waals surface area contributed by atoms with Crippen LogP contribution >= 0.6 is 12.6 Å². The molecule has 0 fully saturated rings. The third kappa shape index (κ3) is 3.56. The molecule has 0 rings (SSSR count). The predicted molar refractivity (Wildman–Crippen MR) is 42.8 cm³/mol. The van der Waals surface area contributed by atoms with Crippen molar-refractivity contribution in [3.8, 4) is 0 Å². The van der Waals surface area contributed by atoms with Crippen molar-refractivity contribution in [1.82, 2.24) is 0 Å². The summed E-state index contributed by atoms with van der Waals surface area (Å²) in [5.74, 6) is -0.359. The molecule has 0 spiro atoms. The first kappa shape index (κ1) is 9.56. The van der Waals surface area contributed by atoms with Crippen LogP contribution in [0, 0.1) is 0 Å². The molecule has 0 aromatic heterocycles. The minimum atomic E-state index is -0.470. The van der Waals surface area contributed by atoms with Gasteiger partial charge in [0.15, 0.2) is 0 Å². The Balaban J connectivity index is 3.68. The van der Waals surface area contributed by atoms with Crippen molar-refractivity contribution in [2.75, 3.05) is 0 Å². The van der Waals surface area contributed by atoms with E-state index in [2.05, 4.69) is 19.2 Å². The first-order valence-corrected chi connectivity index (χ1v) is 3.54. The van der Waals surface area contributed by atoms with Crippen LogP contribution in [0.3, 0.4) is 0 Å². The number of ether oxygens (including phenoxy) is 1. The lowest BCUT2D eigenvalue weighted by atomic mass is 10.4. The lowest BCUT2D eigenvalue weighted by molar-refractivity contribution is -0.145. The van der Waals surface area contributed by atoms with E-state index in [-0.39, 0.29) is 12.1 Å². The molecule has 0 aromatic carbocycles. The number of esters is 1. The number of rotatable bonds is 3. The molecule has 0 bridgehead atoms. The van der Waals surface area contributed by atoms with Gasteiger partial charge in [-0.15, -0.1) is 0 Å². The van der Waals surface area contributed by atoms with Crippen LogP contribution in [0.2, 0.25) is 0 Å². The van der Waals surface area contributed by atoms with Crippen LogP contribution in [-0.2, 0) is 9.53 Å². The zero-order chi connectivity index (χ0) is 8.15. The highest BCUT2D eigenvalue weighted by Crippen LogP contribution is 2.00. The fourth-order valence-corrected chi connectivity index (χ4v) is 0.383. The van der Waals surface area contributed by atoms with Crippen LogP contribution in [0.5, 0.6) is 0 Å². The van der Waals surface area contributed by atoms with Gasteiger partial charge in [0, 0.05) is 0 Å². The van der Waals surface area contributed by atoms with E-state index < -0.39 is 5.25 Å². The van der Waals surface area contributed by atoms with E-state index in [9.17, 15) is 4.79 Å². The van der Waals surface area contributed by atoms with Crippen LogP contribution in [0.15, 0.2) is 12.7 Å². The summed E-state index contributed by atoms with van der Waals surface area (Å²) in [5.41, 5.74) is 0. The summed E-state index contributed by atoms with van der Waals surface area (Å²) in [6, 6.07) is 0. The molecule has 3 heteroatoms. The largest absolute Gasteiger partial charge is 0.458 e. The van der Waals surface area contributed by atoms with Gasteiger partial charge in [0.2, 0.25) is 0 Å². The second kappa shape index (κ2) is 4.39. The molecule has 1 radical (unpaired) electrons. The van der Waals surface area contributed by atoms with Gasteiger partial charge in [-0.1, -0.05) is 25.3 Å². The Morgan fingerprint density at radius 2 is 2.20 bits per heavy atom. The maximum atomic E-state index is 10.7. The van der Waals surface area contributed by atoms with E-state index in [1.165, 1.54) is 0 Å². The number of carbonyl (C=O) groups excluding carboxylic acids is 1. The zero-order valence-electron chi connectivity index (χ0n) is 6.16. The SMILES string of the molecule is C=CC(C)OC(=O)C(C)[S]. The van der Waals surface area contributed by atoms with E-state index in [1.54, 1.807) is 19.9 Å². The second-order valence-electron chi connectivity index (χ2n) is 2.02. The number of hydrogen-bond acceptors (Lipinski definition) is 2. The van der Waals surface area contributed by atoms with Crippen molar-refractivity contribution in [2.45, 2.75) is 25.2 Å². The van der Waals surface area contributed by atoms with Crippen LogP contribution in [-0.4, -0.2) is 17.3 Å². The molecule has 10 heavy (non-hydrogen) atoms. The van der Waals surface area contributed by atoms with Gasteiger partial charge in [0.25, 0.3) is 0 Å². The van der Waals surface area contributed by atoms with Gasteiger partial charge in [-0.05, 0) is 13.8 Å². The molecule has 0 heterocycles. The topological polar surface area (TPSA) is 26.3 Å². The molecule has 2 nitrogen and oxygen atoms in total. The molecule has 0 amide bonds. The fraction of sp³-hybridized carbons (Fsp3) is 0.571. The van der Waals surface area contributed by atoms with Gasteiger partial charge in [-0.3, -0.25) is 4.79 Å². The van der Waals surface area contributed by atoms with Gasteiger partial charge < -0.3 is 4.74 Å². The third-order valence-corrected chi connectivity index (χ3v) is 1.16. The fourth-order valence-electron chi connectivity index (χ4n) is 0.327. The highest BCUT2D eigenvalue weighted by molar-refractivity contribution is 7.81. The van der Waals surface area contributed by atoms with Crippen LogP contribution in [0.25, 0.3) is 0 Å². The molecule has 57 valence electrons. The van der Waals surface area contributed by atoms with E-state index in [4.69, 9.17) is 4.74 Å². The zero-order valence-corrected chi connectivity index (χ0v) is 6.98. The van der Waals surface area contributed by atoms with Gasteiger partial charge >= 0.3 is 5.97 Å². The smallest absolute Gasteiger partial charge is 0.320 e. The average Bonchev–Trinajstić information content (AvgIpc) is 1.87. The Morgan fingerprint density at radius 1 is 1.70 bits per heavy atom. The quantitative estimate of drug-likeness (QED) is 0.462. The number of hydrogen-bond donors (Lipinski definition) is 0. The first-order valence-electron chi connectivity index (χ1n) is 3.06. The van der Waals surface area contributed by atoms with Crippen molar-refractivity contribution >= 4 is 18.6 Å².